The summed E-state index contributed by atoms with van der Waals surface area (Å²) in [5, 5.41) is 41.0. The molecule has 0 fully saturated rings. The van der Waals surface area contributed by atoms with Gasteiger partial charge >= 0.3 is 0 Å². The first-order valence-corrected chi connectivity index (χ1v) is 6.23. The van der Waals surface area contributed by atoms with E-state index in [2.05, 4.69) is 5.29 Å². The van der Waals surface area contributed by atoms with Gasteiger partial charge < -0.3 is 20.4 Å². The highest BCUT2D eigenvalue weighted by Crippen LogP contribution is 2.20. The number of aryl methyl sites for hydroxylation is 2. The summed E-state index contributed by atoms with van der Waals surface area (Å²) in [4.78, 5) is 10.9. The second-order valence-electron chi connectivity index (χ2n) is 4.74. The van der Waals surface area contributed by atoms with Gasteiger partial charge in [-0.15, -0.1) is 4.91 Å². The molecule has 0 saturated heterocycles. The van der Waals surface area contributed by atoms with Crippen LogP contribution in [0.25, 0.3) is 0 Å². The topological polar surface area (TPSA) is 114 Å². The number of nitrogens with zero attached hydrogens (tertiary/aromatic N) is 2. The molecule has 0 amide bonds. The minimum absolute atomic E-state index is 0.287. The van der Waals surface area contributed by atoms with Gasteiger partial charge in [0, 0.05) is 0 Å². The van der Waals surface area contributed by atoms with Gasteiger partial charge in [0.15, 0.2) is 0 Å². The van der Waals surface area contributed by atoms with Crippen molar-refractivity contribution in [2.45, 2.75) is 32.2 Å². The Morgan fingerprint density at radius 3 is 2.30 bits per heavy atom. The molecule has 0 bridgehead atoms. The normalized spacial score (nSPS) is 15.5. The molecule has 7 heteroatoms. The average molecular weight is 284 g/mol. The van der Waals surface area contributed by atoms with E-state index in [0.29, 0.717) is 5.69 Å². The van der Waals surface area contributed by atoms with Crippen LogP contribution in [-0.4, -0.2) is 51.9 Å². The maximum absolute atomic E-state index is 10.9. The molecule has 0 spiro atoms. The third-order valence-electron chi connectivity index (χ3n) is 3.22. The van der Waals surface area contributed by atoms with Crippen molar-refractivity contribution in [2.24, 2.45) is 5.29 Å². The molecule has 20 heavy (non-hydrogen) atoms. The summed E-state index contributed by atoms with van der Waals surface area (Å²) in [5.41, 5.74) is 2.49. The lowest BCUT2D eigenvalue weighted by Crippen LogP contribution is -2.44. The number of benzene rings is 1. The smallest absolute Gasteiger partial charge is 0.110 e. The van der Waals surface area contributed by atoms with Gasteiger partial charge in [-0.1, -0.05) is 6.07 Å². The molecule has 0 saturated carbocycles. The largest absolute Gasteiger partial charge is 0.394 e. The third kappa shape index (κ3) is 3.97. The van der Waals surface area contributed by atoms with Crippen molar-refractivity contribution in [2.75, 3.05) is 18.2 Å². The summed E-state index contributed by atoms with van der Waals surface area (Å²) in [5.74, 6) is 0. The molecule has 0 radical (unpaired) electrons. The molecule has 0 aliphatic heterocycles. The zero-order chi connectivity index (χ0) is 15.3. The molecule has 1 aromatic rings. The van der Waals surface area contributed by atoms with Crippen LogP contribution >= 0.6 is 0 Å². The SMILES string of the molecule is Cc1ccc(N(C[C@H](O)[C@H](O)[C@@H](O)CO)N=O)cc1C. The van der Waals surface area contributed by atoms with E-state index in [4.69, 9.17) is 5.11 Å². The summed E-state index contributed by atoms with van der Waals surface area (Å²) < 4.78 is 0. The lowest BCUT2D eigenvalue weighted by molar-refractivity contribution is -0.0731. The Balaban J connectivity index is 2.81. The first kappa shape index (κ1) is 16.5. The summed E-state index contributed by atoms with van der Waals surface area (Å²) >= 11 is 0. The fraction of sp³-hybridized carbons (Fsp3) is 0.538. The minimum atomic E-state index is -1.56. The third-order valence-corrected chi connectivity index (χ3v) is 3.22. The van der Waals surface area contributed by atoms with Crippen molar-refractivity contribution in [3.05, 3.63) is 34.2 Å². The first-order chi connectivity index (χ1) is 9.40. The molecule has 112 valence electrons. The Hall–Kier alpha value is -1.54. The molecule has 0 aliphatic carbocycles. The van der Waals surface area contributed by atoms with E-state index >= 15 is 0 Å². The van der Waals surface area contributed by atoms with Crippen molar-refractivity contribution in [1.29, 1.82) is 0 Å². The van der Waals surface area contributed by atoms with Gasteiger partial charge in [0.05, 0.1) is 24.1 Å². The molecule has 1 rings (SSSR count). The molecular formula is C13H20N2O5. The van der Waals surface area contributed by atoms with Gasteiger partial charge in [-0.3, -0.25) is 0 Å². The Bertz CT molecular complexity index is 454. The van der Waals surface area contributed by atoms with Crippen LogP contribution in [0.4, 0.5) is 5.69 Å². The van der Waals surface area contributed by atoms with Gasteiger partial charge in [-0.25, -0.2) is 5.01 Å². The number of anilines is 1. The Morgan fingerprint density at radius 2 is 1.80 bits per heavy atom. The summed E-state index contributed by atoms with van der Waals surface area (Å²) in [6.07, 6.45) is -4.45. The molecule has 4 N–H and O–H groups in total. The number of aliphatic hydroxyl groups excluding tert-OH is 4. The second-order valence-corrected chi connectivity index (χ2v) is 4.74. The van der Waals surface area contributed by atoms with Crippen molar-refractivity contribution >= 4 is 5.69 Å². The van der Waals surface area contributed by atoms with Gasteiger partial charge in [-0.05, 0) is 37.1 Å². The van der Waals surface area contributed by atoms with Crippen LogP contribution in [0.3, 0.4) is 0 Å². The molecule has 0 unspecified atom stereocenters. The van der Waals surface area contributed by atoms with E-state index in [0.717, 1.165) is 16.1 Å². The summed E-state index contributed by atoms with van der Waals surface area (Å²) in [6.45, 7) is 2.83. The van der Waals surface area contributed by atoms with E-state index in [1.54, 1.807) is 12.1 Å². The van der Waals surface area contributed by atoms with Crippen molar-refractivity contribution in [1.82, 2.24) is 0 Å². The molecule has 0 heterocycles. The van der Waals surface area contributed by atoms with Crippen molar-refractivity contribution in [3.63, 3.8) is 0 Å². The van der Waals surface area contributed by atoms with E-state index in [1.165, 1.54) is 0 Å². The number of hydrogen-bond donors (Lipinski definition) is 4. The molecule has 7 nitrogen and oxygen atoms in total. The maximum Gasteiger partial charge on any atom is 0.110 e. The van der Waals surface area contributed by atoms with E-state index in [1.807, 2.05) is 19.9 Å². The van der Waals surface area contributed by atoms with Crippen LogP contribution in [0, 0.1) is 18.8 Å². The van der Waals surface area contributed by atoms with E-state index in [-0.39, 0.29) is 6.54 Å². The Morgan fingerprint density at radius 1 is 1.15 bits per heavy atom. The Kier molecular flexibility index (Phi) is 6.03. The quantitative estimate of drug-likeness (QED) is 0.409. The van der Waals surface area contributed by atoms with Gasteiger partial charge in [0.2, 0.25) is 0 Å². The maximum atomic E-state index is 10.9. The van der Waals surface area contributed by atoms with Crippen LogP contribution in [0.15, 0.2) is 23.5 Å². The van der Waals surface area contributed by atoms with Crippen LogP contribution in [0.2, 0.25) is 0 Å². The highest BCUT2D eigenvalue weighted by atomic mass is 16.4. The number of nitroso groups, excluding NO2 is 1. The summed E-state index contributed by atoms with van der Waals surface area (Å²) in [7, 11) is 0. The highest BCUT2D eigenvalue weighted by Gasteiger charge is 2.26. The van der Waals surface area contributed by atoms with Crippen LogP contribution in [0.1, 0.15) is 11.1 Å². The molecular weight excluding hydrogens is 264 g/mol. The zero-order valence-corrected chi connectivity index (χ0v) is 11.5. The first-order valence-electron chi connectivity index (χ1n) is 6.23. The fourth-order valence-electron chi connectivity index (χ4n) is 1.72. The second kappa shape index (κ2) is 7.30. The van der Waals surface area contributed by atoms with E-state index in [9.17, 15) is 20.2 Å². The molecule has 3 atom stereocenters. The van der Waals surface area contributed by atoms with E-state index < -0.39 is 24.9 Å². The highest BCUT2D eigenvalue weighted by molar-refractivity contribution is 5.50. The predicted molar refractivity (Wildman–Crippen MR) is 74.2 cm³/mol. The summed E-state index contributed by atoms with van der Waals surface area (Å²) in [6, 6.07) is 5.22. The molecule has 0 aliphatic rings. The van der Waals surface area contributed by atoms with Crippen molar-refractivity contribution < 1.29 is 20.4 Å². The number of rotatable bonds is 7. The van der Waals surface area contributed by atoms with Gasteiger partial charge in [0.25, 0.3) is 0 Å². The van der Waals surface area contributed by atoms with Crippen LogP contribution < -0.4 is 5.01 Å². The van der Waals surface area contributed by atoms with Gasteiger partial charge in [-0.2, -0.15) is 0 Å². The molecule has 0 aromatic heterocycles. The lowest BCUT2D eigenvalue weighted by Gasteiger charge is -2.25. The molecule has 1 aromatic carbocycles. The van der Waals surface area contributed by atoms with Gasteiger partial charge in [0.1, 0.15) is 18.3 Å². The zero-order valence-electron chi connectivity index (χ0n) is 11.5. The Labute approximate surface area is 117 Å². The monoisotopic (exact) mass is 284 g/mol. The van der Waals surface area contributed by atoms with Crippen molar-refractivity contribution in [3.8, 4) is 0 Å². The van der Waals surface area contributed by atoms with Crippen LogP contribution in [-0.2, 0) is 0 Å². The standard InChI is InChI=1S/C13H20N2O5/c1-8-3-4-10(5-9(8)2)15(14-20)6-11(17)13(19)12(18)7-16/h3-5,11-13,16-19H,6-7H2,1-2H3/t11-,12-,13-/m0/s1. The number of hydrogen-bond acceptors (Lipinski definition) is 6. The predicted octanol–water partition coefficient (Wildman–Crippen LogP) is -0.134. The average Bonchev–Trinajstić information content (AvgIpc) is 2.45. The number of aliphatic hydroxyl groups is 4. The lowest BCUT2D eigenvalue weighted by atomic mass is 10.1. The minimum Gasteiger partial charge on any atom is -0.394 e. The fourth-order valence-corrected chi connectivity index (χ4v) is 1.72. The van der Waals surface area contributed by atoms with Crippen LogP contribution in [0.5, 0.6) is 0 Å².